The van der Waals surface area contributed by atoms with Crippen LogP contribution in [0.4, 0.5) is 0 Å². The van der Waals surface area contributed by atoms with Gasteiger partial charge >= 0.3 is 0 Å². The fourth-order valence-corrected chi connectivity index (χ4v) is 19.0. The molecular formula is C72H106O4S6. The molecule has 454 valence electrons. The summed E-state index contributed by atoms with van der Waals surface area (Å²) < 4.78 is 26.3. The van der Waals surface area contributed by atoms with Crippen LogP contribution in [-0.4, -0.2) is 26.4 Å². The Morgan fingerprint density at radius 3 is 0.756 bits per heavy atom. The maximum absolute atomic E-state index is 6.58. The van der Waals surface area contributed by atoms with Gasteiger partial charge < -0.3 is 18.9 Å². The molecule has 82 heavy (non-hydrogen) atoms. The largest absolute Gasteiger partial charge is 0.343 e. The fourth-order valence-electron chi connectivity index (χ4n) is 12.3. The highest BCUT2D eigenvalue weighted by Crippen LogP contribution is 2.50. The summed E-state index contributed by atoms with van der Waals surface area (Å²) in [5.41, 5.74) is 0. The summed E-state index contributed by atoms with van der Waals surface area (Å²) in [5.74, 6) is -1.62. The van der Waals surface area contributed by atoms with Gasteiger partial charge in [-0.1, -0.05) is 232 Å². The standard InChI is InChI=1S/C72H106O4S6/c1-3-5-7-9-11-13-15-17-19-21-23-25-27-29-31-33-35-37-39-59-41-43-61(77-59)63-45-47-65(79-63)67-49-51-69(81-67)71(73-55-56-74-71)53-54-72(75-57-58-76-72)70-52-50-68(82-70)66-48-46-64(80-66)62-44-42-60(78-62)40-38-36-34-32-30-28-26-24-22-20-18-16-14-12-10-8-6-4-2/h41-52H,3-40,53-58H2,1-2H3. The van der Waals surface area contributed by atoms with Crippen molar-refractivity contribution in [2.75, 3.05) is 26.4 Å². The van der Waals surface area contributed by atoms with Crippen LogP contribution in [0, 0.1) is 0 Å². The lowest BCUT2D eigenvalue weighted by Crippen LogP contribution is -2.33. The van der Waals surface area contributed by atoms with Crippen LogP contribution >= 0.6 is 68.0 Å². The van der Waals surface area contributed by atoms with Gasteiger partial charge in [0.15, 0.2) is 0 Å². The van der Waals surface area contributed by atoms with E-state index < -0.39 is 11.6 Å². The minimum absolute atomic E-state index is 0.584. The average Bonchev–Trinajstić information content (AvgIpc) is 4.54. The van der Waals surface area contributed by atoms with E-state index in [1.54, 1.807) is 22.7 Å². The summed E-state index contributed by atoms with van der Waals surface area (Å²) in [6.45, 7) is 6.95. The van der Waals surface area contributed by atoms with Gasteiger partial charge in [-0.15, -0.1) is 68.0 Å². The molecule has 0 aliphatic carbocycles. The summed E-state index contributed by atoms with van der Waals surface area (Å²) >= 11 is 11.4. The molecule has 2 fully saturated rings. The number of hydrogen-bond acceptors (Lipinski definition) is 10. The van der Waals surface area contributed by atoms with Crippen LogP contribution < -0.4 is 0 Å². The van der Waals surface area contributed by atoms with E-state index in [4.69, 9.17) is 18.9 Å². The Labute approximate surface area is 523 Å². The molecule has 0 atom stereocenters. The van der Waals surface area contributed by atoms with Gasteiger partial charge in [0.1, 0.15) is 0 Å². The predicted octanol–water partition coefficient (Wildman–Crippen LogP) is 25.8. The van der Waals surface area contributed by atoms with Crippen LogP contribution in [0.15, 0.2) is 72.8 Å². The Bertz CT molecular complexity index is 2380. The number of unbranched alkanes of at least 4 members (excludes halogenated alkanes) is 34. The molecule has 4 nitrogen and oxygen atoms in total. The second-order valence-corrected chi connectivity index (χ2v) is 30.8. The third-order valence-electron chi connectivity index (χ3n) is 17.3. The molecule has 0 aromatic carbocycles. The van der Waals surface area contributed by atoms with Crippen LogP contribution in [-0.2, 0) is 43.4 Å². The second kappa shape index (κ2) is 38.3. The van der Waals surface area contributed by atoms with E-state index in [1.807, 2.05) is 45.3 Å². The van der Waals surface area contributed by atoms with Crippen LogP contribution in [0.1, 0.15) is 277 Å². The first kappa shape index (κ1) is 66.0. The fraction of sp³-hybridized carbons (Fsp3) is 0.667. The minimum Gasteiger partial charge on any atom is -0.343 e. The van der Waals surface area contributed by atoms with Crippen molar-refractivity contribution in [2.45, 2.75) is 282 Å². The van der Waals surface area contributed by atoms with Gasteiger partial charge in [-0.05, 0) is 98.5 Å². The zero-order valence-electron chi connectivity index (χ0n) is 51.1. The number of thiophene rings is 6. The highest BCUT2D eigenvalue weighted by molar-refractivity contribution is 7.27. The highest BCUT2D eigenvalue weighted by atomic mass is 32.1. The van der Waals surface area contributed by atoms with E-state index in [-0.39, 0.29) is 0 Å². The van der Waals surface area contributed by atoms with Crippen LogP contribution in [0.25, 0.3) is 39.0 Å². The SMILES string of the molecule is CCCCCCCCCCCCCCCCCCCCc1ccc(-c2ccc(-c3ccc(C4(CCC5(c6ccc(-c7ccc(-c8ccc(CCCCCCCCCCCCCCCCCCCC)s8)s7)s6)OCCO5)OCCO4)s3)s2)s1. The molecule has 6 aromatic rings. The Kier molecular flexibility index (Phi) is 30.9. The molecule has 8 heterocycles. The monoisotopic (exact) mass is 1230 g/mol. The first-order valence-electron chi connectivity index (χ1n) is 33.7. The molecule has 0 radical (unpaired) electrons. The Hall–Kier alpha value is -1.96. The van der Waals surface area contributed by atoms with Gasteiger partial charge in [0.25, 0.3) is 0 Å². The Morgan fingerprint density at radius 2 is 0.476 bits per heavy atom. The first-order valence-corrected chi connectivity index (χ1v) is 38.6. The minimum atomic E-state index is -0.812. The number of rotatable bonds is 47. The molecule has 2 saturated heterocycles. The topological polar surface area (TPSA) is 36.9 Å². The quantitative estimate of drug-likeness (QED) is 0.0357. The van der Waals surface area contributed by atoms with E-state index in [0.29, 0.717) is 39.3 Å². The molecule has 6 aromatic heterocycles. The molecule has 0 saturated carbocycles. The summed E-state index contributed by atoms with van der Waals surface area (Å²) in [4.78, 5) is 15.9. The van der Waals surface area contributed by atoms with Crippen molar-refractivity contribution >= 4 is 68.0 Å². The lowest BCUT2D eigenvalue weighted by atomic mass is 10.0. The van der Waals surface area contributed by atoms with Crippen LogP contribution in [0.2, 0.25) is 0 Å². The maximum Gasteiger partial charge on any atom is 0.204 e. The van der Waals surface area contributed by atoms with Crippen molar-refractivity contribution < 1.29 is 18.9 Å². The van der Waals surface area contributed by atoms with Gasteiger partial charge in [0.2, 0.25) is 11.6 Å². The lowest BCUT2D eigenvalue weighted by Gasteiger charge is -2.32. The highest BCUT2D eigenvalue weighted by Gasteiger charge is 2.47. The van der Waals surface area contributed by atoms with Gasteiger partial charge in [-0.25, -0.2) is 0 Å². The summed E-state index contributed by atoms with van der Waals surface area (Å²) in [5, 5.41) is 0. The van der Waals surface area contributed by atoms with Gasteiger partial charge in [-0.3, -0.25) is 0 Å². The molecule has 2 aliphatic heterocycles. The van der Waals surface area contributed by atoms with Crippen molar-refractivity contribution in [1.29, 1.82) is 0 Å². The molecule has 0 amide bonds. The first-order chi connectivity index (χ1) is 40.6. The van der Waals surface area contributed by atoms with Gasteiger partial charge in [0.05, 0.1) is 36.2 Å². The molecule has 0 spiro atoms. The Morgan fingerprint density at radius 1 is 0.256 bits per heavy atom. The number of hydrogen-bond donors (Lipinski definition) is 0. The van der Waals surface area contributed by atoms with Crippen molar-refractivity contribution in [3.63, 3.8) is 0 Å². The summed E-state index contributed by atoms with van der Waals surface area (Å²) in [6.07, 6.45) is 54.9. The second-order valence-electron chi connectivity index (χ2n) is 24.1. The number of aryl methyl sites for hydroxylation is 2. The molecular weight excluding hydrogens is 1120 g/mol. The van der Waals surface area contributed by atoms with Crippen LogP contribution in [0.3, 0.4) is 0 Å². The van der Waals surface area contributed by atoms with E-state index in [0.717, 1.165) is 9.75 Å². The third kappa shape index (κ3) is 22.0. The van der Waals surface area contributed by atoms with E-state index in [2.05, 4.69) is 86.6 Å². The smallest absolute Gasteiger partial charge is 0.204 e. The third-order valence-corrected chi connectivity index (χ3v) is 25.0. The van der Waals surface area contributed by atoms with Gasteiger partial charge in [0, 0.05) is 61.6 Å². The summed E-state index contributed by atoms with van der Waals surface area (Å²) in [6, 6.07) is 27.7. The molecule has 0 unspecified atom stereocenters. The van der Waals surface area contributed by atoms with E-state index >= 15 is 0 Å². The lowest BCUT2D eigenvalue weighted by molar-refractivity contribution is -0.211. The van der Waals surface area contributed by atoms with Gasteiger partial charge in [-0.2, -0.15) is 0 Å². The van der Waals surface area contributed by atoms with Crippen LogP contribution in [0.5, 0.6) is 0 Å². The van der Waals surface area contributed by atoms with Crippen molar-refractivity contribution in [3.05, 3.63) is 92.3 Å². The molecule has 0 N–H and O–H groups in total. The van der Waals surface area contributed by atoms with Crippen molar-refractivity contribution in [1.82, 2.24) is 0 Å². The molecule has 10 heteroatoms. The maximum atomic E-state index is 6.58. The normalized spacial score (nSPS) is 15.0. The molecule has 0 bridgehead atoms. The van der Waals surface area contributed by atoms with E-state index in [9.17, 15) is 0 Å². The van der Waals surface area contributed by atoms with E-state index in [1.165, 1.54) is 293 Å². The van der Waals surface area contributed by atoms with Crippen molar-refractivity contribution in [3.8, 4) is 39.0 Å². The molecule has 2 aliphatic rings. The Balaban J connectivity index is 0.714. The average molecular weight is 1230 g/mol. The zero-order chi connectivity index (χ0) is 56.6. The number of ether oxygens (including phenoxy) is 4. The zero-order valence-corrected chi connectivity index (χ0v) is 56.0. The summed E-state index contributed by atoms with van der Waals surface area (Å²) in [7, 11) is 0. The molecule has 8 rings (SSSR count). The predicted molar refractivity (Wildman–Crippen MR) is 363 cm³/mol. The van der Waals surface area contributed by atoms with Crippen molar-refractivity contribution in [2.24, 2.45) is 0 Å².